The predicted octanol–water partition coefficient (Wildman–Crippen LogP) is 1.90. The van der Waals surface area contributed by atoms with E-state index in [0.717, 1.165) is 15.6 Å². The molecule has 0 aliphatic carbocycles. The summed E-state index contributed by atoms with van der Waals surface area (Å²) in [5, 5.41) is 3.87. The summed E-state index contributed by atoms with van der Waals surface area (Å²) in [5.74, 6) is 0. The highest BCUT2D eigenvalue weighted by molar-refractivity contribution is 7.11. The first-order valence-electron chi connectivity index (χ1n) is 3.34. The van der Waals surface area contributed by atoms with Crippen molar-refractivity contribution in [2.24, 2.45) is 0 Å². The van der Waals surface area contributed by atoms with Crippen LogP contribution < -0.4 is 5.56 Å². The number of nitrogens with one attached hydrogen (secondary N) is 1. The molecular weight excluding hydrogens is 158 g/mol. The molecule has 2 aromatic heterocycles. The monoisotopic (exact) mass is 165 g/mol. The van der Waals surface area contributed by atoms with E-state index in [1.807, 2.05) is 18.4 Å². The second-order valence-corrected chi connectivity index (χ2v) is 3.51. The van der Waals surface area contributed by atoms with Gasteiger partial charge in [-0.3, -0.25) is 4.79 Å². The lowest BCUT2D eigenvalue weighted by atomic mass is 10.2. The fraction of sp³-hybridized carbons (Fsp3) is 0.125. The van der Waals surface area contributed by atoms with Crippen LogP contribution in [-0.2, 0) is 0 Å². The highest BCUT2D eigenvalue weighted by Gasteiger charge is 2.01. The Hall–Kier alpha value is -1.09. The maximum atomic E-state index is 11.2. The van der Waals surface area contributed by atoms with Gasteiger partial charge in [-0.2, -0.15) is 0 Å². The van der Waals surface area contributed by atoms with Crippen LogP contribution in [0.1, 0.15) is 4.88 Å². The van der Waals surface area contributed by atoms with E-state index in [4.69, 9.17) is 0 Å². The molecule has 0 fully saturated rings. The average Bonchev–Trinajstić information content (AvgIpc) is 2.34. The first-order chi connectivity index (χ1) is 5.29. The zero-order valence-electron chi connectivity index (χ0n) is 6.05. The number of pyridine rings is 1. The molecule has 0 unspecified atom stereocenters. The number of aryl methyl sites for hydroxylation is 1. The minimum Gasteiger partial charge on any atom is -0.329 e. The molecule has 11 heavy (non-hydrogen) atoms. The topological polar surface area (TPSA) is 32.9 Å². The summed E-state index contributed by atoms with van der Waals surface area (Å²) in [7, 11) is 0. The minimum atomic E-state index is 0.0150. The Bertz CT molecular complexity index is 441. The van der Waals surface area contributed by atoms with Crippen LogP contribution in [0.5, 0.6) is 0 Å². The number of rotatable bonds is 0. The highest BCUT2D eigenvalue weighted by atomic mass is 32.1. The number of H-pyrrole nitrogens is 1. The SMILES string of the molecule is Cc1scc2cc[nH]c(=O)c12. The van der Waals surface area contributed by atoms with Crippen molar-refractivity contribution in [3.8, 4) is 0 Å². The van der Waals surface area contributed by atoms with E-state index in [0.29, 0.717) is 0 Å². The van der Waals surface area contributed by atoms with Gasteiger partial charge in [0, 0.05) is 11.1 Å². The Morgan fingerprint density at radius 1 is 1.55 bits per heavy atom. The smallest absolute Gasteiger partial charge is 0.256 e. The van der Waals surface area contributed by atoms with Gasteiger partial charge in [0.2, 0.25) is 0 Å². The third-order valence-electron chi connectivity index (χ3n) is 1.71. The molecule has 0 amide bonds. The Balaban J connectivity index is 3.08. The van der Waals surface area contributed by atoms with Gasteiger partial charge in [0.15, 0.2) is 0 Å². The van der Waals surface area contributed by atoms with Crippen LogP contribution >= 0.6 is 11.3 Å². The van der Waals surface area contributed by atoms with E-state index in [-0.39, 0.29) is 5.56 Å². The first-order valence-corrected chi connectivity index (χ1v) is 4.22. The molecule has 0 aromatic carbocycles. The summed E-state index contributed by atoms with van der Waals surface area (Å²) < 4.78 is 0. The molecule has 0 atom stereocenters. The lowest BCUT2D eigenvalue weighted by Crippen LogP contribution is -2.03. The van der Waals surface area contributed by atoms with Crippen molar-refractivity contribution in [3.05, 3.63) is 32.9 Å². The quantitative estimate of drug-likeness (QED) is 0.635. The maximum Gasteiger partial charge on any atom is 0.256 e. The van der Waals surface area contributed by atoms with Gasteiger partial charge < -0.3 is 4.98 Å². The highest BCUT2D eigenvalue weighted by Crippen LogP contribution is 2.20. The number of thiophene rings is 1. The van der Waals surface area contributed by atoms with Gasteiger partial charge in [-0.15, -0.1) is 11.3 Å². The van der Waals surface area contributed by atoms with Crippen molar-refractivity contribution in [3.63, 3.8) is 0 Å². The number of aromatic nitrogens is 1. The standard InChI is InChI=1S/C8H7NOS/c1-5-7-6(4-11-5)2-3-9-8(7)10/h2-4H,1H3,(H,9,10). The summed E-state index contributed by atoms with van der Waals surface area (Å²) >= 11 is 1.61. The van der Waals surface area contributed by atoms with Crippen molar-refractivity contribution in [2.75, 3.05) is 0 Å². The van der Waals surface area contributed by atoms with E-state index in [1.165, 1.54) is 0 Å². The molecule has 0 saturated heterocycles. The van der Waals surface area contributed by atoms with Crippen LogP contribution in [0.2, 0.25) is 0 Å². The Labute approximate surface area is 67.5 Å². The van der Waals surface area contributed by atoms with E-state index in [2.05, 4.69) is 4.98 Å². The van der Waals surface area contributed by atoms with Crippen molar-refractivity contribution in [1.82, 2.24) is 4.98 Å². The summed E-state index contributed by atoms with van der Waals surface area (Å²) in [5.41, 5.74) is 0.0150. The second-order valence-electron chi connectivity index (χ2n) is 2.43. The lowest BCUT2D eigenvalue weighted by molar-refractivity contribution is 1.28. The zero-order chi connectivity index (χ0) is 7.84. The van der Waals surface area contributed by atoms with Crippen molar-refractivity contribution < 1.29 is 0 Å². The number of hydrogen-bond donors (Lipinski definition) is 1. The van der Waals surface area contributed by atoms with Crippen molar-refractivity contribution in [2.45, 2.75) is 6.92 Å². The fourth-order valence-electron chi connectivity index (χ4n) is 1.17. The summed E-state index contributed by atoms with van der Waals surface area (Å²) in [4.78, 5) is 14.9. The largest absolute Gasteiger partial charge is 0.329 e. The van der Waals surface area contributed by atoms with Crippen molar-refractivity contribution in [1.29, 1.82) is 0 Å². The molecule has 0 saturated carbocycles. The van der Waals surface area contributed by atoms with Crippen LogP contribution in [0.4, 0.5) is 0 Å². The van der Waals surface area contributed by atoms with E-state index in [1.54, 1.807) is 17.5 Å². The number of fused-ring (bicyclic) bond motifs is 1. The summed E-state index contributed by atoms with van der Waals surface area (Å²) in [6, 6.07) is 1.92. The van der Waals surface area contributed by atoms with Gasteiger partial charge >= 0.3 is 0 Å². The Kier molecular flexibility index (Phi) is 1.32. The maximum absolute atomic E-state index is 11.2. The summed E-state index contributed by atoms with van der Waals surface area (Å²) in [6.07, 6.45) is 1.68. The molecule has 2 aromatic rings. The Morgan fingerprint density at radius 3 is 3.09 bits per heavy atom. The molecule has 56 valence electrons. The zero-order valence-corrected chi connectivity index (χ0v) is 6.87. The van der Waals surface area contributed by atoms with Gasteiger partial charge in [0.25, 0.3) is 5.56 Å². The lowest BCUT2D eigenvalue weighted by Gasteiger charge is -1.87. The molecule has 3 heteroatoms. The number of aromatic amines is 1. The normalized spacial score (nSPS) is 10.6. The first kappa shape index (κ1) is 6.61. The Morgan fingerprint density at radius 2 is 2.36 bits per heavy atom. The van der Waals surface area contributed by atoms with Gasteiger partial charge in [0.05, 0.1) is 5.39 Å². The van der Waals surface area contributed by atoms with Gasteiger partial charge in [0.1, 0.15) is 0 Å². The van der Waals surface area contributed by atoms with Gasteiger partial charge in [-0.05, 0) is 23.8 Å². The van der Waals surface area contributed by atoms with Crippen LogP contribution in [0, 0.1) is 6.92 Å². The fourth-order valence-corrected chi connectivity index (χ4v) is 1.99. The van der Waals surface area contributed by atoms with Crippen LogP contribution in [0.25, 0.3) is 10.8 Å². The summed E-state index contributed by atoms with van der Waals surface area (Å²) in [6.45, 7) is 1.96. The third kappa shape index (κ3) is 0.886. The van der Waals surface area contributed by atoms with Crippen LogP contribution in [-0.4, -0.2) is 4.98 Å². The van der Waals surface area contributed by atoms with E-state index < -0.39 is 0 Å². The van der Waals surface area contributed by atoms with Crippen molar-refractivity contribution >= 4 is 22.1 Å². The second kappa shape index (κ2) is 2.20. The molecular formula is C8H7NOS. The average molecular weight is 165 g/mol. The van der Waals surface area contributed by atoms with E-state index in [9.17, 15) is 4.79 Å². The van der Waals surface area contributed by atoms with Crippen LogP contribution in [0.15, 0.2) is 22.4 Å². The molecule has 0 aliphatic rings. The van der Waals surface area contributed by atoms with Crippen LogP contribution in [0.3, 0.4) is 0 Å². The molecule has 0 spiro atoms. The molecule has 0 aliphatic heterocycles. The molecule has 0 bridgehead atoms. The minimum absolute atomic E-state index is 0.0150. The molecule has 2 heterocycles. The number of hydrogen-bond acceptors (Lipinski definition) is 2. The van der Waals surface area contributed by atoms with E-state index >= 15 is 0 Å². The predicted molar refractivity (Wildman–Crippen MR) is 47.2 cm³/mol. The molecule has 2 rings (SSSR count). The molecule has 2 nitrogen and oxygen atoms in total. The van der Waals surface area contributed by atoms with Gasteiger partial charge in [-0.1, -0.05) is 0 Å². The van der Waals surface area contributed by atoms with Gasteiger partial charge in [-0.25, -0.2) is 0 Å². The molecule has 1 N–H and O–H groups in total. The molecule has 0 radical (unpaired) electrons. The third-order valence-corrected chi connectivity index (χ3v) is 2.64.